The van der Waals surface area contributed by atoms with Crippen LogP contribution in [0.1, 0.15) is 32.3 Å². The second-order valence-electron chi connectivity index (χ2n) is 4.55. The van der Waals surface area contributed by atoms with E-state index in [4.69, 9.17) is 16.9 Å². The molecule has 0 heterocycles. The fourth-order valence-electron chi connectivity index (χ4n) is 1.55. The Hall–Kier alpha value is -1.33. The molecule has 2 nitrogen and oxygen atoms in total. The monoisotopic (exact) mass is 249 g/mol. The van der Waals surface area contributed by atoms with Crippen molar-refractivity contribution in [1.82, 2.24) is 0 Å². The van der Waals surface area contributed by atoms with Crippen LogP contribution in [-0.4, -0.2) is 5.78 Å². The lowest BCUT2D eigenvalue weighted by molar-refractivity contribution is -0.123. The van der Waals surface area contributed by atoms with Crippen LogP contribution in [0.5, 0.6) is 0 Å². The molecule has 0 spiro atoms. The van der Waals surface area contributed by atoms with E-state index in [1.165, 1.54) is 0 Å². The van der Waals surface area contributed by atoms with E-state index in [0.717, 1.165) is 5.56 Å². The van der Waals surface area contributed by atoms with E-state index in [0.29, 0.717) is 5.02 Å². The fourth-order valence-corrected chi connectivity index (χ4v) is 1.68. The second-order valence-corrected chi connectivity index (χ2v) is 4.99. The first-order chi connectivity index (χ1) is 7.97. The highest BCUT2D eigenvalue weighted by Crippen LogP contribution is 2.24. The Morgan fingerprint density at radius 2 is 1.76 bits per heavy atom. The van der Waals surface area contributed by atoms with Gasteiger partial charge in [0.2, 0.25) is 0 Å². The summed E-state index contributed by atoms with van der Waals surface area (Å²) in [6.45, 7) is 5.84. The first-order valence-corrected chi connectivity index (χ1v) is 6.04. The minimum absolute atomic E-state index is 0.0233. The number of ketones is 1. The van der Waals surface area contributed by atoms with Crippen LogP contribution in [0.2, 0.25) is 5.02 Å². The largest absolute Gasteiger partial charge is 0.298 e. The molecule has 0 N–H and O–H groups in total. The highest BCUT2D eigenvalue weighted by molar-refractivity contribution is 6.30. The molecule has 0 aliphatic heterocycles. The molecule has 90 valence electrons. The predicted molar refractivity (Wildman–Crippen MR) is 68.8 cm³/mol. The van der Waals surface area contributed by atoms with Crippen molar-refractivity contribution < 1.29 is 4.79 Å². The van der Waals surface area contributed by atoms with Crippen LogP contribution in [0.25, 0.3) is 0 Å². The summed E-state index contributed by atoms with van der Waals surface area (Å²) in [5.74, 6) is -0.588. The van der Waals surface area contributed by atoms with E-state index in [2.05, 4.69) is 6.07 Å². The number of halogens is 1. The summed E-state index contributed by atoms with van der Waals surface area (Å²) >= 11 is 5.78. The summed E-state index contributed by atoms with van der Waals surface area (Å²) in [4.78, 5) is 12.1. The number of hydrogen-bond donors (Lipinski definition) is 0. The third-order valence-corrected chi connectivity index (χ3v) is 3.32. The van der Waals surface area contributed by atoms with E-state index in [1.807, 2.05) is 20.8 Å². The predicted octanol–water partition coefficient (Wildman–Crippen LogP) is 3.81. The number of Topliss-reactive ketones (excluding diaryl/α,β-unsaturated/α-hetero) is 1. The van der Waals surface area contributed by atoms with Gasteiger partial charge >= 0.3 is 0 Å². The molecule has 0 amide bonds. The molecule has 0 aromatic heterocycles. The number of carbonyl (C=O) groups excluding carboxylic acids is 1. The summed E-state index contributed by atoms with van der Waals surface area (Å²) in [6.07, 6.45) is 0. The summed E-state index contributed by atoms with van der Waals surface area (Å²) in [6, 6.07) is 8.96. The number of carbonyl (C=O) groups is 1. The third kappa shape index (κ3) is 3.31. The molecule has 0 bridgehead atoms. The number of nitrogens with zero attached hydrogens (tertiary/aromatic N) is 1. The molecule has 0 radical (unpaired) electrons. The lowest BCUT2D eigenvalue weighted by Gasteiger charge is -2.17. The highest BCUT2D eigenvalue weighted by atomic mass is 35.5. The number of nitriles is 1. The van der Waals surface area contributed by atoms with Gasteiger partial charge in [-0.15, -0.1) is 0 Å². The van der Waals surface area contributed by atoms with Gasteiger partial charge in [-0.25, -0.2) is 0 Å². The molecule has 2 atom stereocenters. The van der Waals surface area contributed by atoms with Crippen LogP contribution in [0.4, 0.5) is 0 Å². The van der Waals surface area contributed by atoms with Gasteiger partial charge in [0.15, 0.2) is 5.78 Å². The van der Waals surface area contributed by atoms with Crippen molar-refractivity contribution in [3.8, 4) is 6.07 Å². The first-order valence-electron chi connectivity index (χ1n) is 5.66. The van der Waals surface area contributed by atoms with Gasteiger partial charge in [0.05, 0.1) is 6.07 Å². The van der Waals surface area contributed by atoms with E-state index in [9.17, 15) is 4.79 Å². The minimum atomic E-state index is -0.690. The SMILES string of the molecule is CC(C)C(C)C(=O)C(C#N)c1ccc(Cl)cc1. The Morgan fingerprint density at radius 3 is 2.18 bits per heavy atom. The van der Waals surface area contributed by atoms with Crippen LogP contribution in [0.15, 0.2) is 24.3 Å². The molecule has 0 saturated heterocycles. The van der Waals surface area contributed by atoms with Crippen LogP contribution in [0.3, 0.4) is 0 Å². The van der Waals surface area contributed by atoms with Crippen molar-refractivity contribution in [2.75, 3.05) is 0 Å². The lowest BCUT2D eigenvalue weighted by atomic mass is 9.84. The quantitative estimate of drug-likeness (QED) is 0.814. The van der Waals surface area contributed by atoms with Crippen LogP contribution in [-0.2, 0) is 4.79 Å². The molecule has 1 aromatic rings. The molecule has 0 aliphatic carbocycles. The maximum atomic E-state index is 12.1. The van der Waals surface area contributed by atoms with Crippen LogP contribution in [0, 0.1) is 23.2 Å². The van der Waals surface area contributed by atoms with Gasteiger partial charge in [0.1, 0.15) is 5.92 Å². The van der Waals surface area contributed by atoms with Crippen LogP contribution >= 0.6 is 11.6 Å². The molecule has 0 fully saturated rings. The smallest absolute Gasteiger partial charge is 0.157 e. The van der Waals surface area contributed by atoms with Crippen molar-refractivity contribution in [1.29, 1.82) is 5.26 Å². The van der Waals surface area contributed by atoms with Gasteiger partial charge in [-0.05, 0) is 23.6 Å². The Labute approximate surface area is 107 Å². The normalized spacial score (nSPS) is 14.1. The van der Waals surface area contributed by atoms with E-state index in [-0.39, 0.29) is 17.6 Å². The maximum absolute atomic E-state index is 12.1. The zero-order valence-corrected chi connectivity index (χ0v) is 11.0. The summed E-state index contributed by atoms with van der Waals surface area (Å²) in [5, 5.41) is 9.75. The number of hydrogen-bond acceptors (Lipinski definition) is 2. The molecular weight excluding hydrogens is 234 g/mol. The lowest BCUT2D eigenvalue weighted by Crippen LogP contribution is -2.23. The molecule has 0 saturated carbocycles. The van der Waals surface area contributed by atoms with Gasteiger partial charge in [-0.3, -0.25) is 4.79 Å². The molecule has 1 aromatic carbocycles. The second kappa shape index (κ2) is 5.84. The highest BCUT2D eigenvalue weighted by Gasteiger charge is 2.26. The molecule has 1 rings (SSSR count). The van der Waals surface area contributed by atoms with E-state index in [1.54, 1.807) is 24.3 Å². The molecular formula is C14H16ClNO. The van der Waals surface area contributed by atoms with Crippen molar-refractivity contribution in [2.24, 2.45) is 11.8 Å². The summed E-state index contributed by atoms with van der Waals surface area (Å²) in [5.41, 5.74) is 0.717. The van der Waals surface area contributed by atoms with Gasteiger partial charge in [0.25, 0.3) is 0 Å². The topological polar surface area (TPSA) is 40.9 Å². The van der Waals surface area contributed by atoms with E-state index >= 15 is 0 Å². The maximum Gasteiger partial charge on any atom is 0.157 e. The number of benzene rings is 1. The zero-order valence-electron chi connectivity index (χ0n) is 10.3. The molecule has 3 heteroatoms. The van der Waals surface area contributed by atoms with Crippen molar-refractivity contribution >= 4 is 17.4 Å². The van der Waals surface area contributed by atoms with Gasteiger partial charge in [-0.2, -0.15) is 5.26 Å². The van der Waals surface area contributed by atoms with Crippen molar-refractivity contribution in [2.45, 2.75) is 26.7 Å². The standard InChI is InChI=1S/C14H16ClNO/c1-9(2)10(3)14(17)13(8-16)11-4-6-12(15)7-5-11/h4-7,9-10,13H,1-3H3. The Morgan fingerprint density at radius 1 is 1.24 bits per heavy atom. The van der Waals surface area contributed by atoms with Crippen LogP contribution < -0.4 is 0 Å². The summed E-state index contributed by atoms with van der Waals surface area (Å²) < 4.78 is 0. The van der Waals surface area contributed by atoms with Crippen molar-refractivity contribution in [3.63, 3.8) is 0 Å². The Balaban J connectivity index is 2.97. The third-order valence-electron chi connectivity index (χ3n) is 3.07. The summed E-state index contributed by atoms with van der Waals surface area (Å²) in [7, 11) is 0. The minimum Gasteiger partial charge on any atom is -0.298 e. The Kier molecular flexibility index (Phi) is 4.72. The fraction of sp³-hybridized carbons (Fsp3) is 0.429. The first kappa shape index (κ1) is 13.7. The van der Waals surface area contributed by atoms with E-state index < -0.39 is 5.92 Å². The van der Waals surface area contributed by atoms with Gasteiger partial charge < -0.3 is 0 Å². The average Bonchev–Trinajstić information content (AvgIpc) is 2.31. The van der Waals surface area contributed by atoms with Crippen molar-refractivity contribution in [3.05, 3.63) is 34.9 Å². The van der Waals surface area contributed by atoms with Gasteiger partial charge in [0, 0.05) is 10.9 Å². The molecule has 0 aliphatic rings. The molecule has 17 heavy (non-hydrogen) atoms. The Bertz CT molecular complexity index is 431. The number of rotatable bonds is 4. The molecule has 2 unspecified atom stereocenters. The average molecular weight is 250 g/mol. The zero-order chi connectivity index (χ0) is 13.0. The van der Waals surface area contributed by atoms with Gasteiger partial charge in [-0.1, -0.05) is 44.5 Å².